The van der Waals surface area contributed by atoms with Crippen LogP contribution in [0.15, 0.2) is 18.2 Å². The van der Waals surface area contributed by atoms with Gasteiger partial charge >= 0.3 is 0 Å². The average Bonchev–Trinajstić information content (AvgIpc) is 2.28. The SMILES string of the molecule is Cc1cc(F)ccc1NC(=O)C(CN)CC(C)(C)C. The maximum Gasteiger partial charge on any atom is 0.228 e. The summed E-state index contributed by atoms with van der Waals surface area (Å²) in [4.78, 5) is 12.2. The lowest BCUT2D eigenvalue weighted by Crippen LogP contribution is -2.32. The van der Waals surface area contributed by atoms with Crippen LogP contribution in [0.1, 0.15) is 32.8 Å². The van der Waals surface area contributed by atoms with Crippen molar-refractivity contribution in [1.82, 2.24) is 0 Å². The third kappa shape index (κ3) is 4.99. The molecule has 0 radical (unpaired) electrons. The number of hydrogen-bond donors (Lipinski definition) is 2. The molecule has 0 aromatic heterocycles. The molecule has 0 spiro atoms. The Balaban J connectivity index is 2.77. The van der Waals surface area contributed by atoms with Crippen molar-refractivity contribution < 1.29 is 9.18 Å². The van der Waals surface area contributed by atoms with E-state index in [4.69, 9.17) is 5.73 Å². The van der Waals surface area contributed by atoms with Crippen LogP contribution in [-0.2, 0) is 4.79 Å². The fraction of sp³-hybridized carbons (Fsp3) is 0.533. The summed E-state index contributed by atoms with van der Waals surface area (Å²) < 4.78 is 13.0. The molecule has 0 aliphatic rings. The van der Waals surface area contributed by atoms with E-state index >= 15 is 0 Å². The Hall–Kier alpha value is -1.42. The minimum atomic E-state index is -0.305. The summed E-state index contributed by atoms with van der Waals surface area (Å²) in [5, 5.41) is 2.83. The molecule has 0 fully saturated rings. The van der Waals surface area contributed by atoms with Crippen molar-refractivity contribution in [2.75, 3.05) is 11.9 Å². The maximum atomic E-state index is 13.0. The number of rotatable bonds is 4. The van der Waals surface area contributed by atoms with Gasteiger partial charge in [-0.05, 0) is 42.5 Å². The number of amides is 1. The van der Waals surface area contributed by atoms with E-state index in [-0.39, 0.29) is 23.1 Å². The highest BCUT2D eigenvalue weighted by molar-refractivity contribution is 5.93. The van der Waals surface area contributed by atoms with E-state index in [1.807, 2.05) is 0 Å². The van der Waals surface area contributed by atoms with E-state index in [0.29, 0.717) is 17.8 Å². The number of hydrogen-bond acceptors (Lipinski definition) is 2. The number of carbonyl (C=O) groups excluding carboxylic acids is 1. The number of carbonyl (C=O) groups is 1. The second-order valence-electron chi connectivity index (χ2n) is 6.15. The number of aryl methyl sites for hydroxylation is 1. The summed E-state index contributed by atoms with van der Waals surface area (Å²) in [5.74, 6) is -0.642. The largest absolute Gasteiger partial charge is 0.330 e. The van der Waals surface area contributed by atoms with E-state index in [0.717, 1.165) is 6.42 Å². The molecule has 19 heavy (non-hydrogen) atoms. The van der Waals surface area contributed by atoms with Crippen molar-refractivity contribution in [3.05, 3.63) is 29.6 Å². The van der Waals surface area contributed by atoms with Crippen molar-refractivity contribution in [2.45, 2.75) is 34.1 Å². The molecule has 0 bridgehead atoms. The van der Waals surface area contributed by atoms with Gasteiger partial charge in [0.25, 0.3) is 0 Å². The van der Waals surface area contributed by atoms with Crippen molar-refractivity contribution >= 4 is 11.6 Å². The van der Waals surface area contributed by atoms with Crippen molar-refractivity contribution in [2.24, 2.45) is 17.1 Å². The lowest BCUT2D eigenvalue weighted by Gasteiger charge is -2.24. The third-order valence-electron chi connectivity index (χ3n) is 2.96. The van der Waals surface area contributed by atoms with Crippen LogP contribution in [-0.4, -0.2) is 12.5 Å². The smallest absolute Gasteiger partial charge is 0.228 e. The molecule has 1 unspecified atom stereocenters. The predicted octanol–water partition coefficient (Wildman–Crippen LogP) is 3.08. The van der Waals surface area contributed by atoms with Crippen LogP contribution in [0.3, 0.4) is 0 Å². The van der Waals surface area contributed by atoms with Crippen LogP contribution in [0, 0.1) is 24.1 Å². The normalized spacial score (nSPS) is 13.2. The summed E-state index contributed by atoms with van der Waals surface area (Å²) in [5.41, 5.74) is 7.06. The lowest BCUT2D eigenvalue weighted by atomic mass is 9.84. The summed E-state index contributed by atoms with van der Waals surface area (Å²) in [6, 6.07) is 4.31. The van der Waals surface area contributed by atoms with E-state index in [1.54, 1.807) is 13.0 Å². The molecule has 1 aromatic carbocycles. The van der Waals surface area contributed by atoms with Gasteiger partial charge in [0.05, 0.1) is 5.92 Å². The molecule has 0 aliphatic heterocycles. The van der Waals surface area contributed by atoms with Gasteiger partial charge in [0.2, 0.25) is 5.91 Å². The zero-order chi connectivity index (χ0) is 14.6. The van der Waals surface area contributed by atoms with Crippen molar-refractivity contribution in [1.29, 1.82) is 0 Å². The van der Waals surface area contributed by atoms with E-state index in [1.165, 1.54) is 12.1 Å². The van der Waals surface area contributed by atoms with Crippen LogP contribution >= 0.6 is 0 Å². The highest BCUT2D eigenvalue weighted by Gasteiger charge is 2.24. The minimum Gasteiger partial charge on any atom is -0.330 e. The fourth-order valence-corrected chi connectivity index (χ4v) is 2.02. The maximum absolute atomic E-state index is 13.0. The summed E-state index contributed by atoms with van der Waals surface area (Å²) in [7, 11) is 0. The second kappa shape index (κ2) is 6.15. The molecule has 0 saturated heterocycles. The molecular formula is C15H23FN2O. The Kier molecular flexibility index (Phi) is 5.06. The van der Waals surface area contributed by atoms with Crippen molar-refractivity contribution in [3.63, 3.8) is 0 Å². The molecular weight excluding hydrogens is 243 g/mol. The van der Waals surface area contributed by atoms with Gasteiger partial charge < -0.3 is 11.1 Å². The van der Waals surface area contributed by atoms with E-state index in [9.17, 15) is 9.18 Å². The quantitative estimate of drug-likeness (QED) is 0.880. The molecule has 0 aliphatic carbocycles. The predicted molar refractivity (Wildman–Crippen MR) is 76.4 cm³/mol. The summed E-state index contributed by atoms with van der Waals surface area (Å²) in [6.07, 6.45) is 0.718. The zero-order valence-electron chi connectivity index (χ0n) is 12.1. The lowest BCUT2D eigenvalue weighted by molar-refractivity contribution is -0.120. The summed E-state index contributed by atoms with van der Waals surface area (Å²) >= 11 is 0. The fourth-order valence-electron chi connectivity index (χ4n) is 2.02. The van der Waals surface area contributed by atoms with Gasteiger partial charge in [0.15, 0.2) is 0 Å². The first-order valence-electron chi connectivity index (χ1n) is 6.50. The van der Waals surface area contributed by atoms with E-state index in [2.05, 4.69) is 26.1 Å². The average molecular weight is 266 g/mol. The first kappa shape index (κ1) is 15.6. The van der Waals surface area contributed by atoms with Crippen LogP contribution < -0.4 is 11.1 Å². The van der Waals surface area contributed by atoms with Crippen LogP contribution in [0.25, 0.3) is 0 Å². The monoisotopic (exact) mass is 266 g/mol. The first-order valence-corrected chi connectivity index (χ1v) is 6.50. The summed E-state index contributed by atoms with van der Waals surface area (Å²) in [6.45, 7) is 8.30. The zero-order valence-corrected chi connectivity index (χ0v) is 12.1. The highest BCUT2D eigenvalue weighted by atomic mass is 19.1. The third-order valence-corrected chi connectivity index (χ3v) is 2.96. The van der Waals surface area contributed by atoms with Crippen LogP contribution in [0.2, 0.25) is 0 Å². The molecule has 0 heterocycles. The number of nitrogens with one attached hydrogen (secondary N) is 1. The Labute approximate surface area is 114 Å². The van der Waals surface area contributed by atoms with Gasteiger partial charge in [-0.25, -0.2) is 4.39 Å². The molecule has 1 aromatic rings. The standard InChI is InChI=1S/C15H23FN2O/c1-10-7-12(16)5-6-13(10)18-14(19)11(9-17)8-15(2,3)4/h5-7,11H,8-9,17H2,1-4H3,(H,18,19). The minimum absolute atomic E-state index is 0.0409. The van der Waals surface area contributed by atoms with Crippen LogP contribution in [0.4, 0.5) is 10.1 Å². The Bertz CT molecular complexity index is 452. The Morgan fingerprint density at radius 1 is 1.42 bits per heavy atom. The van der Waals surface area contributed by atoms with Gasteiger partial charge in [0, 0.05) is 12.2 Å². The molecule has 1 atom stereocenters. The number of nitrogens with two attached hydrogens (primary N) is 1. The Morgan fingerprint density at radius 2 is 2.05 bits per heavy atom. The molecule has 4 heteroatoms. The molecule has 1 rings (SSSR count). The highest BCUT2D eigenvalue weighted by Crippen LogP contribution is 2.25. The Morgan fingerprint density at radius 3 is 2.53 bits per heavy atom. The number of benzene rings is 1. The van der Waals surface area contributed by atoms with Gasteiger partial charge in [0.1, 0.15) is 5.82 Å². The molecule has 3 N–H and O–H groups in total. The molecule has 106 valence electrons. The molecule has 1 amide bonds. The van der Waals surface area contributed by atoms with E-state index < -0.39 is 0 Å². The number of halogens is 1. The topological polar surface area (TPSA) is 55.1 Å². The molecule has 3 nitrogen and oxygen atoms in total. The van der Waals surface area contributed by atoms with Crippen molar-refractivity contribution in [3.8, 4) is 0 Å². The molecule has 0 saturated carbocycles. The van der Waals surface area contributed by atoms with Gasteiger partial charge in [-0.3, -0.25) is 4.79 Å². The van der Waals surface area contributed by atoms with Crippen LogP contribution in [0.5, 0.6) is 0 Å². The van der Waals surface area contributed by atoms with Gasteiger partial charge in [-0.1, -0.05) is 20.8 Å². The van der Waals surface area contributed by atoms with Gasteiger partial charge in [-0.2, -0.15) is 0 Å². The second-order valence-corrected chi connectivity index (χ2v) is 6.15. The first-order chi connectivity index (χ1) is 8.73. The number of anilines is 1. The van der Waals surface area contributed by atoms with Gasteiger partial charge in [-0.15, -0.1) is 0 Å².